The van der Waals surface area contributed by atoms with E-state index < -0.39 is 10.0 Å². The Morgan fingerprint density at radius 2 is 2.10 bits per heavy atom. The summed E-state index contributed by atoms with van der Waals surface area (Å²) in [6.07, 6.45) is 1.51. The number of pyridine rings is 1. The molecule has 114 valence electrons. The number of anilines is 1. The zero-order valence-electron chi connectivity index (χ0n) is 12.1. The molecule has 0 unspecified atom stereocenters. The molecule has 2 heterocycles. The number of nitrogens with one attached hydrogen (secondary N) is 1. The third kappa shape index (κ3) is 3.61. The second-order valence-electron chi connectivity index (χ2n) is 4.40. The van der Waals surface area contributed by atoms with Crippen molar-refractivity contribution in [3.05, 3.63) is 40.7 Å². The Balaban J connectivity index is 2.35. The monoisotopic (exact) mass is 325 g/mol. The highest BCUT2D eigenvalue weighted by molar-refractivity contribution is 7.89. The lowest BCUT2D eigenvalue weighted by Gasteiger charge is -2.20. The third-order valence-corrected chi connectivity index (χ3v) is 5.73. The summed E-state index contributed by atoms with van der Waals surface area (Å²) in [7, 11) is -3.61. The van der Waals surface area contributed by atoms with E-state index in [9.17, 15) is 8.42 Å². The molecule has 0 saturated carbocycles. The summed E-state index contributed by atoms with van der Waals surface area (Å²) in [6, 6.07) is 7.33. The predicted molar refractivity (Wildman–Crippen MR) is 86.0 cm³/mol. The molecule has 5 nitrogen and oxygen atoms in total. The van der Waals surface area contributed by atoms with E-state index in [1.807, 2.05) is 31.4 Å². The minimum Gasteiger partial charge on any atom is -0.383 e. The van der Waals surface area contributed by atoms with Crippen LogP contribution in [0.15, 0.2) is 40.9 Å². The Morgan fingerprint density at radius 1 is 1.29 bits per heavy atom. The zero-order valence-corrected chi connectivity index (χ0v) is 13.7. The number of rotatable bonds is 7. The first-order valence-corrected chi connectivity index (χ1v) is 9.13. The highest BCUT2D eigenvalue weighted by atomic mass is 32.2. The molecule has 0 aliphatic heterocycles. The molecule has 0 bridgehead atoms. The molecule has 0 aromatic carbocycles. The molecule has 0 aliphatic rings. The van der Waals surface area contributed by atoms with Crippen molar-refractivity contribution in [1.29, 1.82) is 0 Å². The SMILES string of the molecule is CCNc1cccnc1S(=O)(=O)N(CC)Cc1cccs1. The number of thiophene rings is 1. The van der Waals surface area contributed by atoms with Crippen LogP contribution < -0.4 is 5.32 Å². The molecule has 7 heteroatoms. The predicted octanol–water partition coefficient (Wildman–Crippen LogP) is 2.79. The van der Waals surface area contributed by atoms with Gasteiger partial charge in [0.1, 0.15) is 0 Å². The maximum atomic E-state index is 12.8. The Kier molecular flexibility index (Phi) is 5.33. The summed E-state index contributed by atoms with van der Waals surface area (Å²) in [4.78, 5) is 5.09. The van der Waals surface area contributed by atoms with E-state index in [0.29, 0.717) is 25.3 Å². The van der Waals surface area contributed by atoms with Crippen LogP contribution in [0.1, 0.15) is 18.7 Å². The van der Waals surface area contributed by atoms with Gasteiger partial charge in [-0.25, -0.2) is 13.4 Å². The highest BCUT2D eigenvalue weighted by Gasteiger charge is 2.27. The second-order valence-corrected chi connectivity index (χ2v) is 7.28. The molecule has 0 spiro atoms. The van der Waals surface area contributed by atoms with Crippen molar-refractivity contribution < 1.29 is 8.42 Å². The maximum absolute atomic E-state index is 12.8. The Morgan fingerprint density at radius 3 is 2.71 bits per heavy atom. The van der Waals surface area contributed by atoms with Crippen LogP contribution in [-0.2, 0) is 16.6 Å². The van der Waals surface area contributed by atoms with Crippen molar-refractivity contribution in [3.8, 4) is 0 Å². The van der Waals surface area contributed by atoms with Gasteiger partial charge >= 0.3 is 0 Å². The van der Waals surface area contributed by atoms with Crippen molar-refractivity contribution in [2.24, 2.45) is 0 Å². The van der Waals surface area contributed by atoms with Crippen LogP contribution in [0.25, 0.3) is 0 Å². The molecule has 0 aliphatic carbocycles. The minimum atomic E-state index is -3.61. The average molecular weight is 325 g/mol. The fourth-order valence-electron chi connectivity index (χ4n) is 1.99. The topological polar surface area (TPSA) is 62.3 Å². The molecule has 0 atom stereocenters. The standard InChI is InChI=1S/C14H19N3O2S2/c1-3-15-13-8-5-9-16-14(13)21(18,19)17(4-2)11-12-7-6-10-20-12/h5-10,15H,3-4,11H2,1-2H3. The number of sulfonamides is 1. The van der Waals surface area contributed by atoms with Gasteiger partial charge in [0.05, 0.1) is 5.69 Å². The lowest BCUT2D eigenvalue weighted by atomic mass is 10.4. The highest BCUT2D eigenvalue weighted by Crippen LogP contribution is 2.24. The van der Waals surface area contributed by atoms with Gasteiger partial charge in [-0.1, -0.05) is 13.0 Å². The molecule has 0 fully saturated rings. The van der Waals surface area contributed by atoms with Crippen LogP contribution in [0.5, 0.6) is 0 Å². The lowest BCUT2D eigenvalue weighted by molar-refractivity contribution is 0.424. The van der Waals surface area contributed by atoms with Gasteiger partial charge in [-0.15, -0.1) is 11.3 Å². The Hall–Kier alpha value is -1.44. The van der Waals surface area contributed by atoms with Gasteiger partial charge in [0.2, 0.25) is 0 Å². The zero-order chi connectivity index (χ0) is 15.3. The van der Waals surface area contributed by atoms with E-state index in [4.69, 9.17) is 0 Å². The lowest BCUT2D eigenvalue weighted by Crippen LogP contribution is -2.31. The van der Waals surface area contributed by atoms with E-state index in [1.54, 1.807) is 23.5 Å². The second kappa shape index (κ2) is 7.02. The molecule has 0 amide bonds. The minimum absolute atomic E-state index is 0.0882. The summed E-state index contributed by atoms with van der Waals surface area (Å²) < 4.78 is 27.1. The van der Waals surface area contributed by atoms with Crippen LogP contribution in [0.3, 0.4) is 0 Å². The fraction of sp³-hybridized carbons (Fsp3) is 0.357. The third-order valence-electron chi connectivity index (χ3n) is 2.99. The number of hydrogen-bond donors (Lipinski definition) is 1. The van der Waals surface area contributed by atoms with Crippen molar-refractivity contribution in [1.82, 2.24) is 9.29 Å². The first kappa shape index (κ1) is 15.9. The molecular weight excluding hydrogens is 306 g/mol. The molecule has 2 rings (SSSR count). The normalized spacial score (nSPS) is 11.8. The van der Waals surface area contributed by atoms with Crippen molar-refractivity contribution >= 4 is 27.0 Å². The van der Waals surface area contributed by atoms with Gasteiger partial charge < -0.3 is 5.32 Å². The van der Waals surface area contributed by atoms with Crippen LogP contribution >= 0.6 is 11.3 Å². The summed E-state index contributed by atoms with van der Waals surface area (Å²) in [5.41, 5.74) is 0.546. The van der Waals surface area contributed by atoms with E-state index in [2.05, 4.69) is 10.3 Å². The molecule has 2 aromatic heterocycles. The molecule has 21 heavy (non-hydrogen) atoms. The van der Waals surface area contributed by atoms with Gasteiger partial charge in [0, 0.05) is 30.7 Å². The fourth-order valence-corrected chi connectivity index (χ4v) is 4.29. The smallest absolute Gasteiger partial charge is 0.262 e. The van der Waals surface area contributed by atoms with Crippen LogP contribution in [0, 0.1) is 0 Å². The van der Waals surface area contributed by atoms with Gasteiger partial charge in [-0.2, -0.15) is 4.31 Å². The first-order chi connectivity index (χ1) is 10.1. The van der Waals surface area contributed by atoms with Crippen LogP contribution in [-0.4, -0.2) is 30.8 Å². The Bertz CT molecular complexity index is 669. The van der Waals surface area contributed by atoms with Gasteiger partial charge in [-0.3, -0.25) is 0 Å². The largest absolute Gasteiger partial charge is 0.383 e. The van der Waals surface area contributed by atoms with E-state index >= 15 is 0 Å². The molecular formula is C14H19N3O2S2. The Labute approximate surface area is 129 Å². The van der Waals surface area contributed by atoms with E-state index in [1.165, 1.54) is 10.5 Å². The number of aromatic nitrogens is 1. The average Bonchev–Trinajstić information content (AvgIpc) is 2.98. The summed E-state index contributed by atoms with van der Waals surface area (Å²) in [6.45, 7) is 5.18. The molecule has 0 saturated heterocycles. The van der Waals surface area contributed by atoms with Gasteiger partial charge in [-0.05, 0) is 30.5 Å². The van der Waals surface area contributed by atoms with Gasteiger partial charge in [0.25, 0.3) is 10.0 Å². The van der Waals surface area contributed by atoms with E-state index in [-0.39, 0.29) is 5.03 Å². The number of nitrogens with zero attached hydrogens (tertiary/aromatic N) is 2. The van der Waals surface area contributed by atoms with Crippen molar-refractivity contribution in [3.63, 3.8) is 0 Å². The maximum Gasteiger partial charge on any atom is 0.262 e. The quantitative estimate of drug-likeness (QED) is 0.850. The van der Waals surface area contributed by atoms with Crippen LogP contribution in [0.2, 0.25) is 0 Å². The molecule has 1 N–H and O–H groups in total. The summed E-state index contributed by atoms with van der Waals surface area (Å²) >= 11 is 1.55. The van der Waals surface area contributed by atoms with Crippen molar-refractivity contribution in [2.45, 2.75) is 25.4 Å². The summed E-state index contributed by atoms with van der Waals surface area (Å²) in [5.74, 6) is 0. The molecule has 2 aromatic rings. The first-order valence-electron chi connectivity index (χ1n) is 6.81. The van der Waals surface area contributed by atoms with Crippen molar-refractivity contribution in [2.75, 3.05) is 18.4 Å². The number of hydrogen-bond acceptors (Lipinski definition) is 5. The van der Waals surface area contributed by atoms with Gasteiger partial charge in [0.15, 0.2) is 5.03 Å². The van der Waals surface area contributed by atoms with Crippen LogP contribution in [0.4, 0.5) is 5.69 Å². The van der Waals surface area contributed by atoms with E-state index in [0.717, 1.165) is 4.88 Å². The summed E-state index contributed by atoms with van der Waals surface area (Å²) in [5, 5.41) is 5.09. The molecule has 0 radical (unpaired) electrons.